The lowest BCUT2D eigenvalue weighted by Gasteiger charge is -2.34. The van der Waals surface area contributed by atoms with E-state index in [1.807, 2.05) is 0 Å². The third kappa shape index (κ3) is 38.6. The van der Waals surface area contributed by atoms with E-state index in [0.717, 1.165) is 70.6 Å². The second-order valence-electron chi connectivity index (χ2n) is 16.6. The van der Waals surface area contributed by atoms with E-state index in [1.54, 1.807) is 21.1 Å². The number of nitrogens with zero attached hydrogens (tertiary/aromatic N) is 1. The molecule has 0 aromatic rings. The van der Waals surface area contributed by atoms with Gasteiger partial charge in [0, 0.05) is 19.3 Å². The molecule has 0 aromatic heterocycles. The first-order valence-corrected chi connectivity index (χ1v) is 23.2. The second-order valence-corrected chi connectivity index (χ2v) is 16.6. The number of carbonyl (C=O) groups excluding carboxylic acids is 3. The van der Waals surface area contributed by atoms with Crippen molar-refractivity contribution in [1.82, 2.24) is 0 Å². The molecule has 0 aliphatic carbocycles. The van der Waals surface area contributed by atoms with E-state index in [-0.39, 0.29) is 42.7 Å². The zero-order valence-corrected chi connectivity index (χ0v) is 37.5. The van der Waals surface area contributed by atoms with Gasteiger partial charge in [0.25, 0.3) is 0 Å². The molecule has 8 nitrogen and oxygen atoms in total. The van der Waals surface area contributed by atoms with E-state index in [9.17, 15) is 19.5 Å². The van der Waals surface area contributed by atoms with Crippen LogP contribution in [0.15, 0.2) is 48.6 Å². The van der Waals surface area contributed by atoms with Crippen molar-refractivity contribution in [2.24, 2.45) is 0 Å². The summed E-state index contributed by atoms with van der Waals surface area (Å²) in [7, 11) is 5.41. The highest BCUT2D eigenvalue weighted by molar-refractivity contribution is 5.70. The summed E-state index contributed by atoms with van der Waals surface area (Å²) < 4.78 is 17.2. The molecule has 2 atom stereocenters. The topological polar surface area (TPSA) is 102 Å². The smallest absolute Gasteiger partial charge is 0.306 e. The molecule has 2 unspecified atom stereocenters. The Morgan fingerprint density at radius 3 is 1.46 bits per heavy atom. The third-order valence-corrected chi connectivity index (χ3v) is 10.2. The van der Waals surface area contributed by atoms with E-state index >= 15 is 0 Å². The Bertz CT molecular complexity index is 1070. The Morgan fingerprint density at radius 2 is 0.982 bits per heavy atom. The summed E-state index contributed by atoms with van der Waals surface area (Å²) in [5, 5.41) is 11.6. The molecule has 57 heavy (non-hydrogen) atoms. The van der Waals surface area contributed by atoms with Gasteiger partial charge in [-0.15, -0.1) is 0 Å². The zero-order chi connectivity index (χ0) is 42.1. The molecule has 0 saturated heterocycles. The summed E-state index contributed by atoms with van der Waals surface area (Å²) in [5.41, 5.74) is 0. The van der Waals surface area contributed by atoms with E-state index in [4.69, 9.17) is 14.2 Å². The third-order valence-electron chi connectivity index (χ3n) is 10.2. The highest BCUT2D eigenvalue weighted by atomic mass is 16.6. The molecule has 0 spiro atoms. The lowest BCUT2D eigenvalue weighted by atomic mass is 10.0. The number of ether oxygens (including phenoxy) is 3. The number of carboxylic acids is 1. The van der Waals surface area contributed by atoms with Gasteiger partial charge in [-0.2, -0.15) is 0 Å². The molecule has 0 N–H and O–H groups in total. The molecule has 0 aliphatic heterocycles. The molecule has 330 valence electrons. The fraction of sp³-hybridized carbons (Fsp3) is 0.776. The maximum absolute atomic E-state index is 12.7. The van der Waals surface area contributed by atoms with Gasteiger partial charge in [0.2, 0.25) is 0 Å². The van der Waals surface area contributed by atoms with Crippen molar-refractivity contribution in [3.05, 3.63) is 48.6 Å². The van der Waals surface area contributed by atoms with Gasteiger partial charge in [-0.05, 0) is 51.4 Å². The number of allylic oxidation sites excluding steroid dienone is 8. The summed E-state index contributed by atoms with van der Waals surface area (Å²) >= 11 is 0. The number of likely N-dealkylation sites (N-methyl/N-ethyl adjacent to an activating group) is 1. The summed E-state index contributed by atoms with van der Waals surface area (Å²) in [6.07, 6.45) is 47.0. The quantitative estimate of drug-likeness (QED) is 0.0262. The van der Waals surface area contributed by atoms with Crippen molar-refractivity contribution in [3.63, 3.8) is 0 Å². The number of aliphatic carboxylic acids is 1. The average molecular weight is 802 g/mol. The van der Waals surface area contributed by atoms with Crippen LogP contribution in [0, 0.1) is 0 Å². The van der Waals surface area contributed by atoms with Gasteiger partial charge >= 0.3 is 11.9 Å². The molecular formula is C49H87NO7. The van der Waals surface area contributed by atoms with Crippen LogP contribution in [0.2, 0.25) is 0 Å². The van der Waals surface area contributed by atoms with Gasteiger partial charge in [-0.3, -0.25) is 9.59 Å². The maximum atomic E-state index is 12.7. The number of hydrogen-bond donors (Lipinski definition) is 0. The standard InChI is InChI=1S/C49H87NO7/c1-6-8-10-12-14-16-18-20-21-22-23-24-25-26-28-29-31-33-35-37-39-47(51)56-44-45(43-55-42-41-46(49(53)54)50(3,4)5)57-48(52)40-38-36-34-32-30-27-19-17-15-13-11-9-7-2/h8,10,14,16,20-21,23-24,45-46H,6-7,9,11-13,15,17-19,22,25-44H2,1-5H3/b10-8+,16-14+,21-20+,24-23+. The minimum atomic E-state index is -1.13. The highest BCUT2D eigenvalue weighted by Crippen LogP contribution is 2.15. The molecule has 0 saturated carbocycles. The summed E-state index contributed by atoms with van der Waals surface area (Å²) in [5.74, 6) is -1.74. The number of esters is 2. The Hall–Kier alpha value is -2.71. The van der Waals surface area contributed by atoms with Crippen LogP contribution in [-0.2, 0) is 28.6 Å². The lowest BCUT2D eigenvalue weighted by molar-refractivity contribution is -0.889. The van der Waals surface area contributed by atoms with Gasteiger partial charge in [0.05, 0.1) is 40.3 Å². The first-order chi connectivity index (χ1) is 27.6. The second kappa shape index (κ2) is 40.1. The minimum absolute atomic E-state index is 0.0385. The number of quaternary nitrogens is 1. The first kappa shape index (κ1) is 54.3. The number of rotatable bonds is 41. The first-order valence-electron chi connectivity index (χ1n) is 23.2. The van der Waals surface area contributed by atoms with Crippen LogP contribution >= 0.6 is 0 Å². The SMILES string of the molecule is CC/C=C/C/C=C/C/C=C/C/C=C/CCCCCCCCCC(=O)OCC(COCCC(C(=O)[O-])[N+](C)(C)C)OC(=O)CCCCCCCCCCCCCCC. The molecule has 0 aliphatic rings. The maximum Gasteiger partial charge on any atom is 0.306 e. The number of unbranched alkanes of at least 4 members (excludes halogenated alkanes) is 19. The predicted molar refractivity (Wildman–Crippen MR) is 236 cm³/mol. The van der Waals surface area contributed by atoms with Crippen LogP contribution < -0.4 is 5.11 Å². The summed E-state index contributed by atoms with van der Waals surface area (Å²) in [4.78, 5) is 36.9. The fourth-order valence-corrected chi connectivity index (χ4v) is 6.65. The number of carboxylic acid groups (broad SMARTS) is 1. The Labute approximate surface area is 350 Å². The normalized spacial score (nSPS) is 13.4. The number of carbonyl (C=O) groups is 3. The van der Waals surface area contributed by atoms with Crippen LogP contribution in [0.5, 0.6) is 0 Å². The van der Waals surface area contributed by atoms with Gasteiger partial charge in [0.1, 0.15) is 12.6 Å². The molecule has 0 heterocycles. The van der Waals surface area contributed by atoms with Crippen molar-refractivity contribution in [2.75, 3.05) is 41.0 Å². The zero-order valence-electron chi connectivity index (χ0n) is 37.5. The van der Waals surface area contributed by atoms with Gasteiger partial charge in [0.15, 0.2) is 6.10 Å². The average Bonchev–Trinajstić information content (AvgIpc) is 3.17. The monoisotopic (exact) mass is 802 g/mol. The Kier molecular flexibility index (Phi) is 38.2. The van der Waals surface area contributed by atoms with Crippen LogP contribution in [0.4, 0.5) is 0 Å². The predicted octanol–water partition coefficient (Wildman–Crippen LogP) is 11.5. The van der Waals surface area contributed by atoms with E-state index < -0.39 is 18.1 Å². The minimum Gasteiger partial charge on any atom is -0.544 e. The van der Waals surface area contributed by atoms with Crippen molar-refractivity contribution >= 4 is 17.9 Å². The van der Waals surface area contributed by atoms with E-state index in [2.05, 4.69) is 62.5 Å². The van der Waals surface area contributed by atoms with E-state index in [1.165, 1.54) is 89.9 Å². The summed E-state index contributed by atoms with van der Waals surface area (Å²) in [6.45, 7) is 4.54. The molecule has 8 heteroatoms. The Morgan fingerprint density at radius 1 is 0.544 bits per heavy atom. The number of hydrogen-bond acceptors (Lipinski definition) is 7. The van der Waals surface area contributed by atoms with Crippen LogP contribution in [0.25, 0.3) is 0 Å². The molecule has 0 rings (SSSR count). The molecule has 0 aromatic carbocycles. The molecular weight excluding hydrogens is 715 g/mol. The molecule has 0 fully saturated rings. The molecule has 0 radical (unpaired) electrons. The van der Waals surface area contributed by atoms with Gasteiger partial charge in [-0.25, -0.2) is 0 Å². The van der Waals surface area contributed by atoms with Gasteiger partial charge in [-0.1, -0.05) is 172 Å². The summed E-state index contributed by atoms with van der Waals surface area (Å²) in [6, 6.07) is -0.726. The molecule has 0 amide bonds. The molecule has 0 bridgehead atoms. The highest BCUT2D eigenvalue weighted by Gasteiger charge is 2.25. The van der Waals surface area contributed by atoms with Crippen molar-refractivity contribution < 1.29 is 38.2 Å². The van der Waals surface area contributed by atoms with Crippen LogP contribution in [0.1, 0.15) is 194 Å². The van der Waals surface area contributed by atoms with Crippen molar-refractivity contribution in [2.45, 2.75) is 206 Å². The van der Waals surface area contributed by atoms with E-state index in [0.29, 0.717) is 12.8 Å². The van der Waals surface area contributed by atoms with Crippen LogP contribution in [0.3, 0.4) is 0 Å². The van der Waals surface area contributed by atoms with Crippen molar-refractivity contribution in [1.29, 1.82) is 0 Å². The van der Waals surface area contributed by atoms with Crippen LogP contribution in [-0.4, -0.2) is 75.5 Å². The van der Waals surface area contributed by atoms with Crippen molar-refractivity contribution in [3.8, 4) is 0 Å². The Balaban J connectivity index is 4.29. The lowest BCUT2D eigenvalue weighted by Crippen LogP contribution is -2.55. The largest absolute Gasteiger partial charge is 0.544 e. The van der Waals surface area contributed by atoms with Gasteiger partial charge < -0.3 is 28.6 Å². The fourth-order valence-electron chi connectivity index (χ4n) is 6.65.